The molecule has 9 heteroatoms. The molecular weight excluding hydrogens is 531 g/mol. The number of nitrogens with one attached hydrogen (secondary N) is 2. The summed E-state index contributed by atoms with van der Waals surface area (Å²) >= 11 is 1.74. The number of rotatable bonds is 7. The van der Waals surface area contributed by atoms with E-state index in [1.54, 1.807) is 18.4 Å². The predicted molar refractivity (Wildman–Crippen MR) is 135 cm³/mol. The lowest BCUT2D eigenvalue weighted by Crippen LogP contribution is -2.49. The SMILES string of the molecule is CN=C(NCC(c1c(F)cccc1F)N(C)C)NC1CCN(Cc2ccsc2)CC1.I. The molecule has 3 rings (SSSR count). The number of aliphatic imine (C=N–C) groups is 1. The maximum atomic E-state index is 14.3. The largest absolute Gasteiger partial charge is 0.354 e. The summed E-state index contributed by atoms with van der Waals surface area (Å²) in [5, 5.41) is 11.0. The van der Waals surface area contributed by atoms with Crippen molar-refractivity contribution in [2.24, 2.45) is 4.99 Å². The first-order valence-electron chi connectivity index (χ1n) is 10.3. The first-order valence-corrected chi connectivity index (χ1v) is 11.2. The van der Waals surface area contributed by atoms with Gasteiger partial charge in [-0.2, -0.15) is 11.3 Å². The Morgan fingerprint density at radius 2 is 1.90 bits per heavy atom. The highest BCUT2D eigenvalue weighted by Crippen LogP contribution is 2.24. The van der Waals surface area contributed by atoms with E-state index < -0.39 is 17.7 Å². The van der Waals surface area contributed by atoms with Crippen LogP contribution in [0.15, 0.2) is 40.0 Å². The van der Waals surface area contributed by atoms with Crippen molar-refractivity contribution >= 4 is 41.3 Å². The summed E-state index contributed by atoms with van der Waals surface area (Å²) in [5.74, 6) is -0.400. The van der Waals surface area contributed by atoms with Crippen LogP contribution in [0.1, 0.15) is 30.0 Å². The summed E-state index contributed by atoms with van der Waals surface area (Å²) in [4.78, 5) is 8.59. The maximum absolute atomic E-state index is 14.3. The number of likely N-dealkylation sites (tertiary alicyclic amines) is 1. The smallest absolute Gasteiger partial charge is 0.191 e. The molecule has 1 unspecified atom stereocenters. The number of guanidine groups is 1. The Balaban J connectivity index is 0.00000341. The Kier molecular flexibility index (Phi) is 10.6. The van der Waals surface area contributed by atoms with Crippen molar-refractivity contribution in [2.45, 2.75) is 31.5 Å². The summed E-state index contributed by atoms with van der Waals surface area (Å²) in [6.07, 6.45) is 2.06. The van der Waals surface area contributed by atoms with Crippen LogP contribution in [0.2, 0.25) is 0 Å². The molecule has 0 aliphatic carbocycles. The second-order valence-electron chi connectivity index (χ2n) is 7.89. The third kappa shape index (κ3) is 7.37. The van der Waals surface area contributed by atoms with Gasteiger partial charge in [-0.3, -0.25) is 9.89 Å². The summed E-state index contributed by atoms with van der Waals surface area (Å²) in [5.41, 5.74) is 1.45. The van der Waals surface area contributed by atoms with Crippen molar-refractivity contribution in [1.29, 1.82) is 0 Å². The standard InChI is InChI=1S/C22H31F2N5S.HI/c1-25-22(26-13-20(28(2)3)21-18(23)5-4-6-19(21)24)27-17-7-10-29(11-8-17)14-16-9-12-30-15-16;/h4-6,9,12,15,17,20H,7-8,10-11,13-14H2,1-3H3,(H2,25,26,27);1H. The van der Waals surface area contributed by atoms with Crippen LogP contribution >= 0.6 is 35.3 Å². The monoisotopic (exact) mass is 563 g/mol. The third-order valence-electron chi connectivity index (χ3n) is 5.56. The number of halogens is 3. The van der Waals surface area contributed by atoms with E-state index in [2.05, 4.69) is 37.4 Å². The number of hydrogen-bond donors (Lipinski definition) is 2. The van der Waals surface area contributed by atoms with Gasteiger partial charge in [0.25, 0.3) is 0 Å². The van der Waals surface area contributed by atoms with Crippen molar-refractivity contribution in [3.63, 3.8) is 0 Å². The summed E-state index contributed by atoms with van der Waals surface area (Å²) < 4.78 is 28.5. The molecule has 0 saturated carbocycles. The van der Waals surface area contributed by atoms with Crippen LogP contribution in [0.3, 0.4) is 0 Å². The van der Waals surface area contributed by atoms with Gasteiger partial charge in [-0.05, 0) is 61.5 Å². The van der Waals surface area contributed by atoms with Gasteiger partial charge < -0.3 is 15.5 Å². The zero-order valence-corrected chi connectivity index (χ0v) is 21.4. The van der Waals surface area contributed by atoms with E-state index >= 15 is 0 Å². The van der Waals surface area contributed by atoms with E-state index in [1.165, 1.54) is 23.8 Å². The van der Waals surface area contributed by atoms with Crippen molar-refractivity contribution in [1.82, 2.24) is 20.4 Å². The first-order chi connectivity index (χ1) is 14.5. The number of thiophene rings is 1. The molecule has 0 bridgehead atoms. The molecule has 1 saturated heterocycles. The van der Waals surface area contributed by atoms with Crippen LogP contribution in [0.4, 0.5) is 8.78 Å². The van der Waals surface area contributed by atoms with Gasteiger partial charge in [0.15, 0.2) is 5.96 Å². The maximum Gasteiger partial charge on any atom is 0.191 e. The average molecular weight is 564 g/mol. The first kappa shape index (κ1) is 26.0. The van der Waals surface area contributed by atoms with E-state index in [-0.39, 0.29) is 29.5 Å². The molecular formula is C22H32F2IN5S. The van der Waals surface area contributed by atoms with Crippen LogP contribution < -0.4 is 10.6 Å². The fraction of sp³-hybridized carbons (Fsp3) is 0.500. The van der Waals surface area contributed by atoms with Crippen LogP contribution in [-0.4, -0.2) is 62.6 Å². The summed E-state index contributed by atoms with van der Waals surface area (Å²) in [7, 11) is 5.35. The zero-order chi connectivity index (χ0) is 21.5. The van der Waals surface area contributed by atoms with Crippen molar-refractivity contribution < 1.29 is 8.78 Å². The molecule has 0 radical (unpaired) electrons. The van der Waals surface area contributed by atoms with Crippen LogP contribution in [0, 0.1) is 11.6 Å². The minimum atomic E-state index is -0.531. The van der Waals surface area contributed by atoms with E-state index in [0.29, 0.717) is 18.5 Å². The minimum absolute atomic E-state index is 0. The van der Waals surface area contributed by atoms with E-state index in [0.717, 1.165) is 32.5 Å². The van der Waals surface area contributed by atoms with E-state index in [9.17, 15) is 8.78 Å². The third-order valence-corrected chi connectivity index (χ3v) is 6.29. The molecule has 2 aromatic rings. The molecule has 1 aliphatic rings. The second kappa shape index (κ2) is 12.7. The number of hydrogen-bond acceptors (Lipinski definition) is 4. The van der Waals surface area contributed by atoms with Gasteiger partial charge in [0, 0.05) is 44.8 Å². The van der Waals surface area contributed by atoms with Gasteiger partial charge in [-0.1, -0.05) is 6.07 Å². The van der Waals surface area contributed by atoms with E-state index in [1.807, 2.05) is 19.0 Å². The Morgan fingerprint density at radius 3 is 2.45 bits per heavy atom. The predicted octanol–water partition coefficient (Wildman–Crippen LogP) is 4.08. The van der Waals surface area contributed by atoms with Gasteiger partial charge >= 0.3 is 0 Å². The Bertz CT molecular complexity index is 803. The molecule has 2 heterocycles. The highest BCUT2D eigenvalue weighted by atomic mass is 127. The average Bonchev–Trinajstić information content (AvgIpc) is 3.23. The number of benzene rings is 1. The van der Waals surface area contributed by atoms with Crippen molar-refractivity contribution in [3.8, 4) is 0 Å². The van der Waals surface area contributed by atoms with Gasteiger partial charge in [-0.15, -0.1) is 24.0 Å². The molecule has 1 aliphatic heterocycles. The Hall–Kier alpha value is -1.30. The second-order valence-corrected chi connectivity index (χ2v) is 8.67. The lowest BCUT2D eigenvalue weighted by Gasteiger charge is -2.33. The number of nitrogens with zero attached hydrogens (tertiary/aromatic N) is 3. The van der Waals surface area contributed by atoms with Crippen LogP contribution in [-0.2, 0) is 6.54 Å². The van der Waals surface area contributed by atoms with Crippen LogP contribution in [0.5, 0.6) is 0 Å². The molecule has 172 valence electrons. The molecule has 1 aromatic carbocycles. The summed E-state index contributed by atoms with van der Waals surface area (Å²) in [6, 6.07) is 6.05. The van der Waals surface area contributed by atoms with Crippen molar-refractivity contribution in [2.75, 3.05) is 40.8 Å². The van der Waals surface area contributed by atoms with Gasteiger partial charge in [0.1, 0.15) is 11.6 Å². The fourth-order valence-corrected chi connectivity index (χ4v) is 4.49. The lowest BCUT2D eigenvalue weighted by atomic mass is 10.0. The van der Waals surface area contributed by atoms with Gasteiger partial charge in [0.05, 0.1) is 6.04 Å². The molecule has 31 heavy (non-hydrogen) atoms. The fourth-order valence-electron chi connectivity index (χ4n) is 3.83. The Labute approximate surface area is 204 Å². The molecule has 0 amide bonds. The highest BCUT2D eigenvalue weighted by molar-refractivity contribution is 14.0. The van der Waals surface area contributed by atoms with Crippen molar-refractivity contribution in [3.05, 3.63) is 57.8 Å². The minimum Gasteiger partial charge on any atom is -0.354 e. The molecule has 5 nitrogen and oxygen atoms in total. The van der Waals surface area contributed by atoms with E-state index in [4.69, 9.17) is 0 Å². The number of piperidine rings is 1. The van der Waals surface area contributed by atoms with Gasteiger partial charge in [0.2, 0.25) is 0 Å². The lowest BCUT2D eigenvalue weighted by molar-refractivity contribution is 0.198. The molecule has 1 aromatic heterocycles. The Morgan fingerprint density at radius 1 is 1.23 bits per heavy atom. The summed E-state index contributed by atoms with van der Waals surface area (Å²) in [6.45, 7) is 3.42. The zero-order valence-electron chi connectivity index (χ0n) is 18.3. The molecule has 1 atom stereocenters. The topological polar surface area (TPSA) is 42.9 Å². The normalized spacial score (nSPS) is 16.8. The highest BCUT2D eigenvalue weighted by Gasteiger charge is 2.24. The van der Waals surface area contributed by atoms with Crippen LogP contribution in [0.25, 0.3) is 0 Å². The molecule has 0 spiro atoms. The molecule has 2 N–H and O–H groups in total. The quantitative estimate of drug-likeness (QED) is 0.303. The number of likely N-dealkylation sites (N-methyl/N-ethyl adjacent to an activating group) is 1. The van der Waals surface area contributed by atoms with Gasteiger partial charge in [-0.25, -0.2) is 8.78 Å². The molecule has 1 fully saturated rings.